The van der Waals surface area contributed by atoms with Crippen molar-refractivity contribution in [3.05, 3.63) is 65.0 Å². The van der Waals surface area contributed by atoms with Crippen LogP contribution in [0.25, 0.3) is 17.3 Å². The number of hydrogen-bond donors (Lipinski definition) is 1. The molecule has 0 radical (unpaired) electrons. The van der Waals surface area contributed by atoms with Crippen LogP contribution in [0, 0.1) is 0 Å². The van der Waals surface area contributed by atoms with Gasteiger partial charge in [0.05, 0.1) is 5.69 Å². The lowest BCUT2D eigenvalue weighted by molar-refractivity contribution is -0.111. The molecule has 1 aliphatic rings. The molecule has 0 aliphatic carbocycles. The van der Waals surface area contributed by atoms with Gasteiger partial charge in [0.15, 0.2) is 16.6 Å². The first-order chi connectivity index (χ1) is 14.1. The van der Waals surface area contributed by atoms with E-state index < -0.39 is 0 Å². The first-order valence-corrected chi connectivity index (χ1v) is 10.4. The Kier molecular flexibility index (Phi) is 5.62. The summed E-state index contributed by atoms with van der Waals surface area (Å²) in [5.41, 5.74) is 4.10. The van der Waals surface area contributed by atoms with Crippen molar-refractivity contribution >= 4 is 28.5 Å². The Morgan fingerprint density at radius 3 is 2.79 bits per heavy atom. The molecule has 0 saturated carbocycles. The number of hydrogen-bond acceptors (Lipinski definition) is 5. The van der Waals surface area contributed by atoms with Crippen molar-refractivity contribution in [1.82, 2.24) is 4.98 Å². The molecular weight excluding hydrogens is 384 g/mol. The third-order valence-electron chi connectivity index (χ3n) is 4.95. The van der Waals surface area contributed by atoms with E-state index in [0.29, 0.717) is 16.8 Å². The molecule has 0 bridgehead atoms. The first kappa shape index (κ1) is 19.2. The number of carbonyl (C=O) groups excluding carboxylic acids is 1. The largest absolute Gasteiger partial charge is 0.454 e. The van der Waals surface area contributed by atoms with Gasteiger partial charge in [0, 0.05) is 17.0 Å². The van der Waals surface area contributed by atoms with E-state index in [1.165, 1.54) is 23.0 Å². The predicted molar refractivity (Wildman–Crippen MR) is 116 cm³/mol. The maximum Gasteiger partial charge on any atom is 0.250 e. The lowest BCUT2D eigenvalue weighted by Crippen LogP contribution is -2.07. The van der Waals surface area contributed by atoms with Gasteiger partial charge in [-0.15, -0.1) is 11.3 Å². The Balaban J connectivity index is 1.39. The highest BCUT2D eigenvalue weighted by molar-refractivity contribution is 7.14. The summed E-state index contributed by atoms with van der Waals surface area (Å²) in [6.07, 6.45) is 4.34. The van der Waals surface area contributed by atoms with Gasteiger partial charge in [-0.3, -0.25) is 10.1 Å². The zero-order valence-corrected chi connectivity index (χ0v) is 17.2. The van der Waals surface area contributed by atoms with E-state index in [1.807, 2.05) is 23.6 Å². The molecule has 1 unspecified atom stereocenters. The van der Waals surface area contributed by atoms with Gasteiger partial charge in [0.25, 0.3) is 0 Å². The third-order valence-corrected chi connectivity index (χ3v) is 5.70. The van der Waals surface area contributed by atoms with Gasteiger partial charge < -0.3 is 9.47 Å². The quantitative estimate of drug-likeness (QED) is 0.533. The molecule has 0 fully saturated rings. The van der Waals surface area contributed by atoms with E-state index in [2.05, 4.69) is 48.4 Å². The van der Waals surface area contributed by atoms with Crippen LogP contribution in [0.5, 0.6) is 11.5 Å². The number of anilines is 1. The Morgan fingerprint density at radius 2 is 2.00 bits per heavy atom. The molecule has 2 heterocycles. The number of nitrogens with zero attached hydrogens (tertiary/aromatic N) is 1. The van der Waals surface area contributed by atoms with Gasteiger partial charge >= 0.3 is 0 Å². The smallest absolute Gasteiger partial charge is 0.250 e. The van der Waals surface area contributed by atoms with Crippen LogP contribution >= 0.6 is 11.3 Å². The van der Waals surface area contributed by atoms with Crippen molar-refractivity contribution in [2.24, 2.45) is 0 Å². The number of carbonyl (C=O) groups is 1. The van der Waals surface area contributed by atoms with Crippen molar-refractivity contribution in [1.29, 1.82) is 0 Å². The number of nitrogens with one attached hydrogen (secondary N) is 1. The van der Waals surface area contributed by atoms with E-state index in [-0.39, 0.29) is 12.7 Å². The van der Waals surface area contributed by atoms with Crippen LogP contribution in [0.1, 0.15) is 37.3 Å². The van der Waals surface area contributed by atoms with Crippen LogP contribution in [-0.4, -0.2) is 17.7 Å². The van der Waals surface area contributed by atoms with Gasteiger partial charge in [0.2, 0.25) is 12.7 Å². The highest BCUT2D eigenvalue weighted by Gasteiger charge is 2.12. The van der Waals surface area contributed by atoms with E-state index in [4.69, 9.17) is 9.47 Å². The average molecular weight is 407 g/mol. The summed E-state index contributed by atoms with van der Waals surface area (Å²) in [5, 5.41) is 5.35. The van der Waals surface area contributed by atoms with E-state index in [9.17, 15) is 4.79 Å². The molecule has 1 N–H and O–H groups in total. The number of thiazole rings is 1. The molecule has 3 aromatic rings. The molecule has 4 rings (SSSR count). The summed E-state index contributed by atoms with van der Waals surface area (Å²) < 4.78 is 10.6. The van der Waals surface area contributed by atoms with Gasteiger partial charge in [0.1, 0.15) is 0 Å². The van der Waals surface area contributed by atoms with Gasteiger partial charge in [-0.2, -0.15) is 0 Å². The molecule has 1 aromatic heterocycles. The van der Waals surface area contributed by atoms with Crippen LogP contribution in [0.4, 0.5) is 5.13 Å². The van der Waals surface area contributed by atoms with Gasteiger partial charge in [-0.05, 0) is 41.7 Å². The third kappa shape index (κ3) is 4.49. The number of ether oxygens (including phenoxy) is 2. The SMILES string of the molecule is CCC(C)c1ccc(-c2csc(NC(=O)C=Cc3ccc4c(c3)OCO4)n2)cc1. The zero-order chi connectivity index (χ0) is 20.2. The lowest BCUT2D eigenvalue weighted by atomic mass is 9.97. The molecule has 1 atom stereocenters. The molecule has 2 aromatic carbocycles. The Hall–Kier alpha value is -3.12. The minimum Gasteiger partial charge on any atom is -0.454 e. The van der Waals surface area contributed by atoms with Crippen LogP contribution in [0.15, 0.2) is 53.9 Å². The standard InChI is InChI=1S/C23H22N2O3S/c1-3-15(2)17-6-8-18(9-7-17)19-13-29-23(24-19)25-22(26)11-5-16-4-10-20-21(12-16)28-14-27-20/h4-13,15H,3,14H2,1-2H3,(H,24,25,26). The maximum atomic E-state index is 12.2. The zero-order valence-electron chi connectivity index (χ0n) is 16.3. The molecule has 5 nitrogen and oxygen atoms in total. The fourth-order valence-electron chi connectivity index (χ4n) is 3.02. The normalized spacial score (nSPS) is 13.6. The van der Waals surface area contributed by atoms with Gasteiger partial charge in [-0.1, -0.05) is 44.2 Å². The predicted octanol–water partition coefficient (Wildman–Crippen LogP) is 5.70. The van der Waals surface area contributed by atoms with Crippen LogP contribution in [0.3, 0.4) is 0 Å². The minimum absolute atomic E-state index is 0.226. The van der Waals surface area contributed by atoms with Crippen molar-refractivity contribution in [2.45, 2.75) is 26.2 Å². The van der Waals surface area contributed by atoms with Crippen molar-refractivity contribution in [2.75, 3.05) is 12.1 Å². The van der Waals surface area contributed by atoms with Gasteiger partial charge in [-0.25, -0.2) is 4.98 Å². The molecule has 1 amide bonds. The first-order valence-electron chi connectivity index (χ1n) is 9.57. The van der Waals surface area contributed by atoms with E-state index in [1.54, 1.807) is 6.08 Å². The Labute approximate surface area is 174 Å². The fourth-order valence-corrected chi connectivity index (χ4v) is 3.74. The summed E-state index contributed by atoms with van der Waals surface area (Å²) in [6, 6.07) is 14.0. The summed E-state index contributed by atoms with van der Waals surface area (Å²) in [4.78, 5) is 16.8. The van der Waals surface area contributed by atoms with Crippen LogP contribution < -0.4 is 14.8 Å². The summed E-state index contributed by atoms with van der Waals surface area (Å²) in [5.74, 6) is 1.73. The highest BCUT2D eigenvalue weighted by Crippen LogP contribution is 2.33. The monoisotopic (exact) mass is 406 g/mol. The molecule has 148 valence electrons. The van der Waals surface area contributed by atoms with E-state index in [0.717, 1.165) is 29.0 Å². The summed E-state index contributed by atoms with van der Waals surface area (Å²) in [6.45, 7) is 4.65. The van der Waals surface area contributed by atoms with Crippen molar-refractivity contribution in [3.63, 3.8) is 0 Å². The molecular formula is C23H22N2O3S. The second kappa shape index (κ2) is 8.49. The molecule has 0 saturated heterocycles. The summed E-state index contributed by atoms with van der Waals surface area (Å²) >= 11 is 1.41. The van der Waals surface area contributed by atoms with Crippen molar-refractivity contribution in [3.8, 4) is 22.8 Å². The average Bonchev–Trinajstić information content (AvgIpc) is 3.41. The minimum atomic E-state index is -0.226. The molecule has 29 heavy (non-hydrogen) atoms. The summed E-state index contributed by atoms with van der Waals surface area (Å²) in [7, 11) is 0. The maximum absolute atomic E-state index is 12.2. The number of fused-ring (bicyclic) bond motifs is 1. The molecule has 1 aliphatic heterocycles. The van der Waals surface area contributed by atoms with E-state index >= 15 is 0 Å². The second-order valence-corrected chi connectivity index (χ2v) is 7.76. The number of aromatic nitrogens is 1. The number of benzene rings is 2. The van der Waals surface area contributed by atoms with Crippen LogP contribution in [-0.2, 0) is 4.79 Å². The number of rotatable bonds is 6. The molecule has 0 spiro atoms. The lowest BCUT2D eigenvalue weighted by Gasteiger charge is -2.08. The number of amides is 1. The Morgan fingerprint density at radius 1 is 1.21 bits per heavy atom. The highest BCUT2D eigenvalue weighted by atomic mass is 32.1. The second-order valence-electron chi connectivity index (χ2n) is 6.90. The van der Waals surface area contributed by atoms with Crippen LogP contribution in [0.2, 0.25) is 0 Å². The fraction of sp³-hybridized carbons (Fsp3) is 0.217. The Bertz CT molecular complexity index is 1040. The topological polar surface area (TPSA) is 60.5 Å². The molecule has 6 heteroatoms. The van der Waals surface area contributed by atoms with Crippen molar-refractivity contribution < 1.29 is 14.3 Å².